The molecule has 0 spiro atoms. The Bertz CT molecular complexity index is 461. The number of nitrogens with one attached hydrogen (secondary N) is 1. The van der Waals surface area contributed by atoms with Crippen LogP contribution in [0.4, 0.5) is 0 Å². The van der Waals surface area contributed by atoms with Crippen molar-refractivity contribution < 1.29 is 9.90 Å². The van der Waals surface area contributed by atoms with E-state index in [1.807, 2.05) is 0 Å². The fraction of sp³-hybridized carbons (Fsp3) is 0.500. The highest BCUT2D eigenvalue weighted by Gasteiger charge is 2.31. The van der Waals surface area contributed by atoms with Crippen LogP contribution in [0.3, 0.4) is 0 Å². The van der Waals surface area contributed by atoms with Crippen LogP contribution in [0, 0.1) is 0 Å². The average Bonchev–Trinajstić information content (AvgIpc) is 2.82. The summed E-state index contributed by atoms with van der Waals surface area (Å²) in [6, 6.07) is 6.50. The van der Waals surface area contributed by atoms with Crippen LogP contribution in [0.15, 0.2) is 23.1 Å². The lowest BCUT2D eigenvalue weighted by Gasteiger charge is -2.23. The highest BCUT2D eigenvalue weighted by Crippen LogP contribution is 2.29. The number of carboxylic acids is 1. The van der Waals surface area contributed by atoms with Crippen LogP contribution in [-0.2, 0) is 17.6 Å². The Morgan fingerprint density at radius 3 is 2.83 bits per heavy atom. The summed E-state index contributed by atoms with van der Waals surface area (Å²) < 4.78 is 0. The first-order valence-electron chi connectivity index (χ1n) is 6.22. The van der Waals surface area contributed by atoms with Crippen molar-refractivity contribution in [1.82, 2.24) is 5.32 Å². The average molecular weight is 265 g/mol. The molecule has 1 atom stereocenters. The van der Waals surface area contributed by atoms with E-state index in [0.29, 0.717) is 5.75 Å². The van der Waals surface area contributed by atoms with Gasteiger partial charge < -0.3 is 10.4 Å². The maximum atomic E-state index is 11.2. The number of carboxylic acid groups (broad SMARTS) is 1. The molecule has 0 heterocycles. The second-order valence-electron chi connectivity index (χ2n) is 4.96. The molecule has 0 radical (unpaired) electrons. The standard InChI is InChI=1S/C14H19NO2S/c1-14(15-2,13(16)17)9-18-12-7-6-10-4-3-5-11(10)8-12/h6-8,15H,3-5,9H2,1-2H3,(H,16,17). The third-order valence-corrected chi connectivity index (χ3v) is 4.93. The number of carbonyl (C=O) groups is 1. The molecule has 4 heteroatoms. The maximum absolute atomic E-state index is 11.2. The van der Waals surface area contributed by atoms with Crippen LogP contribution < -0.4 is 5.32 Å². The molecule has 98 valence electrons. The van der Waals surface area contributed by atoms with Crippen LogP contribution in [-0.4, -0.2) is 29.4 Å². The maximum Gasteiger partial charge on any atom is 0.324 e. The van der Waals surface area contributed by atoms with Crippen molar-refractivity contribution in [1.29, 1.82) is 0 Å². The molecule has 0 aromatic heterocycles. The number of hydrogen-bond acceptors (Lipinski definition) is 3. The van der Waals surface area contributed by atoms with Crippen LogP contribution in [0.1, 0.15) is 24.5 Å². The number of likely N-dealkylation sites (N-methyl/N-ethyl adjacent to an activating group) is 1. The van der Waals surface area contributed by atoms with Gasteiger partial charge in [-0.2, -0.15) is 0 Å². The van der Waals surface area contributed by atoms with Gasteiger partial charge in [-0.3, -0.25) is 4.79 Å². The monoisotopic (exact) mass is 265 g/mol. The third-order valence-electron chi connectivity index (χ3n) is 3.62. The molecule has 1 aromatic carbocycles. The molecule has 0 bridgehead atoms. The predicted molar refractivity (Wildman–Crippen MR) is 74.3 cm³/mol. The highest BCUT2D eigenvalue weighted by atomic mass is 32.2. The molecule has 3 nitrogen and oxygen atoms in total. The second kappa shape index (κ2) is 5.33. The van der Waals surface area contributed by atoms with E-state index in [0.717, 1.165) is 6.42 Å². The first-order valence-corrected chi connectivity index (χ1v) is 7.20. The van der Waals surface area contributed by atoms with Gasteiger partial charge in [-0.25, -0.2) is 0 Å². The lowest BCUT2D eigenvalue weighted by atomic mass is 10.1. The number of fused-ring (bicyclic) bond motifs is 1. The molecule has 1 unspecified atom stereocenters. The van der Waals surface area contributed by atoms with E-state index < -0.39 is 11.5 Å². The Hall–Kier alpha value is -1.00. The fourth-order valence-corrected chi connectivity index (χ4v) is 3.22. The molecular formula is C14H19NO2S. The summed E-state index contributed by atoms with van der Waals surface area (Å²) in [5.41, 5.74) is 2.01. The largest absolute Gasteiger partial charge is 0.480 e. The van der Waals surface area contributed by atoms with Gasteiger partial charge in [0, 0.05) is 10.6 Å². The van der Waals surface area contributed by atoms with Crippen molar-refractivity contribution in [3.05, 3.63) is 29.3 Å². The molecule has 18 heavy (non-hydrogen) atoms. The molecule has 0 amide bonds. The van der Waals surface area contributed by atoms with Gasteiger partial charge in [0.25, 0.3) is 0 Å². The molecule has 0 aliphatic heterocycles. The van der Waals surface area contributed by atoms with Crippen molar-refractivity contribution in [2.75, 3.05) is 12.8 Å². The van der Waals surface area contributed by atoms with E-state index >= 15 is 0 Å². The van der Waals surface area contributed by atoms with Gasteiger partial charge in [-0.15, -0.1) is 11.8 Å². The summed E-state index contributed by atoms with van der Waals surface area (Å²) in [7, 11) is 1.69. The zero-order valence-corrected chi connectivity index (χ0v) is 11.6. The Labute approximate surface area is 112 Å². The quantitative estimate of drug-likeness (QED) is 0.802. The molecule has 2 N–H and O–H groups in total. The van der Waals surface area contributed by atoms with E-state index in [1.165, 1.54) is 28.9 Å². The van der Waals surface area contributed by atoms with Gasteiger partial charge >= 0.3 is 5.97 Å². The van der Waals surface area contributed by atoms with Crippen molar-refractivity contribution >= 4 is 17.7 Å². The minimum Gasteiger partial charge on any atom is -0.480 e. The minimum absolute atomic E-state index is 0.525. The van der Waals surface area contributed by atoms with Gasteiger partial charge in [-0.05, 0) is 56.5 Å². The Balaban J connectivity index is 2.04. The first kappa shape index (κ1) is 13.4. The second-order valence-corrected chi connectivity index (χ2v) is 6.01. The van der Waals surface area contributed by atoms with Crippen molar-refractivity contribution in [2.24, 2.45) is 0 Å². The van der Waals surface area contributed by atoms with Crippen LogP contribution in [0.5, 0.6) is 0 Å². The Morgan fingerprint density at radius 1 is 1.44 bits per heavy atom. The van der Waals surface area contributed by atoms with Gasteiger partial charge in [0.1, 0.15) is 5.54 Å². The Kier molecular flexibility index (Phi) is 3.97. The Morgan fingerprint density at radius 2 is 2.17 bits per heavy atom. The number of aryl methyl sites for hydroxylation is 2. The van der Waals surface area contributed by atoms with E-state index in [2.05, 4.69) is 23.5 Å². The summed E-state index contributed by atoms with van der Waals surface area (Å²) in [6.45, 7) is 1.72. The fourth-order valence-electron chi connectivity index (χ4n) is 2.11. The molecule has 1 aliphatic carbocycles. The summed E-state index contributed by atoms with van der Waals surface area (Å²) in [5.74, 6) is -0.281. The predicted octanol–water partition coefficient (Wildman–Crippen LogP) is 2.33. The van der Waals surface area contributed by atoms with E-state index in [4.69, 9.17) is 0 Å². The SMILES string of the molecule is CNC(C)(CSc1ccc2c(c1)CCC2)C(=O)O. The molecule has 0 saturated carbocycles. The highest BCUT2D eigenvalue weighted by molar-refractivity contribution is 7.99. The van der Waals surface area contributed by atoms with Crippen molar-refractivity contribution in [3.8, 4) is 0 Å². The van der Waals surface area contributed by atoms with E-state index in [1.54, 1.807) is 25.7 Å². The molecule has 1 aliphatic rings. The minimum atomic E-state index is -0.871. The topological polar surface area (TPSA) is 49.3 Å². The van der Waals surface area contributed by atoms with E-state index in [-0.39, 0.29) is 0 Å². The third kappa shape index (κ3) is 2.70. The van der Waals surface area contributed by atoms with Gasteiger partial charge in [-0.1, -0.05) is 6.07 Å². The lowest BCUT2D eigenvalue weighted by molar-refractivity contribution is -0.142. The number of aliphatic carboxylic acids is 1. The molecular weight excluding hydrogens is 246 g/mol. The lowest BCUT2D eigenvalue weighted by Crippen LogP contribution is -2.49. The summed E-state index contributed by atoms with van der Waals surface area (Å²) in [4.78, 5) is 12.4. The van der Waals surface area contributed by atoms with Crippen molar-refractivity contribution in [2.45, 2.75) is 36.6 Å². The normalized spacial score (nSPS) is 17.2. The summed E-state index contributed by atoms with van der Waals surface area (Å²) in [5, 5.41) is 12.1. The van der Waals surface area contributed by atoms with Crippen LogP contribution >= 0.6 is 11.8 Å². The zero-order valence-electron chi connectivity index (χ0n) is 10.8. The number of thioether (sulfide) groups is 1. The molecule has 0 saturated heterocycles. The van der Waals surface area contributed by atoms with Crippen LogP contribution in [0.2, 0.25) is 0 Å². The smallest absolute Gasteiger partial charge is 0.324 e. The number of benzene rings is 1. The van der Waals surface area contributed by atoms with Crippen molar-refractivity contribution in [3.63, 3.8) is 0 Å². The van der Waals surface area contributed by atoms with E-state index in [9.17, 15) is 9.90 Å². The zero-order chi connectivity index (χ0) is 13.2. The molecule has 1 aromatic rings. The number of rotatable bonds is 5. The summed E-state index contributed by atoms with van der Waals surface area (Å²) in [6.07, 6.45) is 3.59. The molecule has 2 rings (SSSR count). The van der Waals surface area contributed by atoms with Gasteiger partial charge in [0.15, 0.2) is 0 Å². The molecule has 0 fully saturated rings. The van der Waals surface area contributed by atoms with Gasteiger partial charge in [0.2, 0.25) is 0 Å². The van der Waals surface area contributed by atoms with Gasteiger partial charge in [0.05, 0.1) is 0 Å². The first-order chi connectivity index (χ1) is 8.55. The van der Waals surface area contributed by atoms with Crippen LogP contribution in [0.25, 0.3) is 0 Å². The number of hydrogen-bond donors (Lipinski definition) is 2. The summed E-state index contributed by atoms with van der Waals surface area (Å²) >= 11 is 1.60.